The molecule has 4 nitrogen and oxygen atoms in total. The average Bonchev–Trinajstić information content (AvgIpc) is 2.25. The van der Waals surface area contributed by atoms with E-state index in [9.17, 15) is 4.79 Å². The van der Waals surface area contributed by atoms with Gasteiger partial charge in [-0.25, -0.2) is 4.98 Å². The molecular formula is C12H13N3O. The van der Waals surface area contributed by atoms with Gasteiger partial charge in [-0.05, 0) is 38.5 Å². The first-order valence-electron chi connectivity index (χ1n) is 5.08. The predicted molar refractivity (Wildman–Crippen MR) is 62.3 cm³/mol. The molecule has 0 amide bonds. The lowest BCUT2D eigenvalue weighted by Crippen LogP contribution is -2.14. The van der Waals surface area contributed by atoms with Gasteiger partial charge < -0.3 is 4.98 Å². The molecule has 0 atom stereocenters. The molecule has 0 saturated heterocycles. The summed E-state index contributed by atoms with van der Waals surface area (Å²) in [6.07, 6.45) is 1.71. The zero-order valence-corrected chi connectivity index (χ0v) is 9.53. The van der Waals surface area contributed by atoms with Crippen LogP contribution in [0.2, 0.25) is 0 Å². The van der Waals surface area contributed by atoms with Crippen LogP contribution in [0, 0.1) is 20.8 Å². The van der Waals surface area contributed by atoms with E-state index in [-0.39, 0.29) is 5.56 Å². The summed E-state index contributed by atoms with van der Waals surface area (Å²) in [6, 6.07) is 3.80. The number of nitrogens with zero attached hydrogens (tertiary/aromatic N) is 2. The van der Waals surface area contributed by atoms with Crippen molar-refractivity contribution in [2.24, 2.45) is 0 Å². The van der Waals surface area contributed by atoms with E-state index < -0.39 is 0 Å². The molecule has 2 aromatic heterocycles. The first kappa shape index (κ1) is 10.5. The highest BCUT2D eigenvalue weighted by Gasteiger charge is 2.06. The quantitative estimate of drug-likeness (QED) is 0.788. The zero-order valence-electron chi connectivity index (χ0n) is 9.53. The second-order valence-corrected chi connectivity index (χ2v) is 3.84. The summed E-state index contributed by atoms with van der Waals surface area (Å²) in [6.45, 7) is 5.56. The van der Waals surface area contributed by atoms with Crippen LogP contribution in [-0.2, 0) is 0 Å². The Labute approximate surface area is 93.4 Å². The SMILES string of the molecule is Cc1ccnc(-c2nc(C)c(C)c(=O)[nH]2)c1. The van der Waals surface area contributed by atoms with Gasteiger partial charge in [0.15, 0.2) is 5.82 Å². The number of H-pyrrole nitrogens is 1. The van der Waals surface area contributed by atoms with Gasteiger partial charge in [0.25, 0.3) is 5.56 Å². The molecule has 0 saturated carbocycles. The van der Waals surface area contributed by atoms with Crippen LogP contribution >= 0.6 is 0 Å². The summed E-state index contributed by atoms with van der Waals surface area (Å²) in [4.78, 5) is 22.8. The minimum absolute atomic E-state index is 0.106. The lowest BCUT2D eigenvalue weighted by molar-refractivity contribution is 1.02. The molecule has 2 heterocycles. The fraction of sp³-hybridized carbons (Fsp3) is 0.250. The highest BCUT2D eigenvalue weighted by atomic mass is 16.1. The molecule has 0 radical (unpaired) electrons. The predicted octanol–water partition coefficient (Wildman–Crippen LogP) is 1.76. The maximum absolute atomic E-state index is 11.6. The van der Waals surface area contributed by atoms with Crippen molar-refractivity contribution in [1.29, 1.82) is 0 Å². The molecule has 2 rings (SSSR count). The summed E-state index contributed by atoms with van der Waals surface area (Å²) in [7, 11) is 0. The third kappa shape index (κ3) is 1.86. The Morgan fingerprint density at radius 1 is 1.25 bits per heavy atom. The van der Waals surface area contributed by atoms with E-state index in [4.69, 9.17) is 0 Å². The zero-order chi connectivity index (χ0) is 11.7. The van der Waals surface area contributed by atoms with Gasteiger partial charge in [0, 0.05) is 17.5 Å². The van der Waals surface area contributed by atoms with Crippen molar-refractivity contribution in [3.8, 4) is 11.5 Å². The summed E-state index contributed by atoms with van der Waals surface area (Å²) >= 11 is 0. The second-order valence-electron chi connectivity index (χ2n) is 3.84. The summed E-state index contributed by atoms with van der Waals surface area (Å²) in [5.74, 6) is 0.525. The maximum atomic E-state index is 11.6. The summed E-state index contributed by atoms with van der Waals surface area (Å²) in [5, 5.41) is 0. The number of rotatable bonds is 1. The molecule has 1 N–H and O–H groups in total. The number of aromatic nitrogens is 3. The lowest BCUT2D eigenvalue weighted by atomic mass is 10.2. The Morgan fingerprint density at radius 2 is 2.00 bits per heavy atom. The van der Waals surface area contributed by atoms with Gasteiger partial charge in [-0.3, -0.25) is 9.78 Å². The van der Waals surface area contributed by atoms with Crippen LogP contribution < -0.4 is 5.56 Å². The summed E-state index contributed by atoms with van der Waals surface area (Å²) in [5.41, 5.74) is 3.07. The minimum atomic E-state index is -0.106. The van der Waals surface area contributed by atoms with Gasteiger partial charge >= 0.3 is 0 Å². The number of pyridine rings is 1. The standard InChI is InChI=1S/C12H13N3O/c1-7-4-5-13-10(6-7)11-14-9(3)8(2)12(16)15-11/h4-6H,1-3H3,(H,14,15,16). The van der Waals surface area contributed by atoms with E-state index in [1.807, 2.05) is 26.0 Å². The van der Waals surface area contributed by atoms with Gasteiger partial charge in [-0.1, -0.05) is 0 Å². The number of aromatic amines is 1. The fourth-order valence-corrected chi connectivity index (χ4v) is 1.43. The Balaban J connectivity index is 2.61. The van der Waals surface area contributed by atoms with Gasteiger partial charge in [0.1, 0.15) is 5.69 Å². The van der Waals surface area contributed by atoms with Crippen molar-refractivity contribution in [2.45, 2.75) is 20.8 Å². The van der Waals surface area contributed by atoms with E-state index in [2.05, 4.69) is 15.0 Å². The number of nitrogens with one attached hydrogen (secondary N) is 1. The van der Waals surface area contributed by atoms with Crippen LogP contribution in [-0.4, -0.2) is 15.0 Å². The molecular weight excluding hydrogens is 202 g/mol. The van der Waals surface area contributed by atoms with Crippen LogP contribution in [0.3, 0.4) is 0 Å². The fourth-order valence-electron chi connectivity index (χ4n) is 1.43. The Morgan fingerprint density at radius 3 is 2.62 bits per heavy atom. The molecule has 82 valence electrons. The molecule has 0 fully saturated rings. The van der Waals surface area contributed by atoms with Crippen LogP contribution in [0.1, 0.15) is 16.8 Å². The van der Waals surface area contributed by atoms with Crippen molar-refractivity contribution in [3.05, 3.63) is 45.5 Å². The lowest BCUT2D eigenvalue weighted by Gasteiger charge is -2.03. The molecule has 0 aromatic carbocycles. The molecule has 0 unspecified atom stereocenters. The van der Waals surface area contributed by atoms with Crippen molar-refractivity contribution >= 4 is 0 Å². The third-order valence-electron chi connectivity index (χ3n) is 2.55. The van der Waals surface area contributed by atoms with Crippen LogP contribution in [0.15, 0.2) is 23.1 Å². The normalized spacial score (nSPS) is 10.4. The molecule has 0 bridgehead atoms. The van der Waals surface area contributed by atoms with Gasteiger partial charge in [-0.2, -0.15) is 0 Å². The number of hydrogen-bond acceptors (Lipinski definition) is 3. The molecule has 4 heteroatoms. The first-order chi connectivity index (χ1) is 7.58. The Hall–Kier alpha value is -1.97. The van der Waals surface area contributed by atoms with E-state index >= 15 is 0 Å². The highest BCUT2D eigenvalue weighted by Crippen LogP contribution is 2.12. The van der Waals surface area contributed by atoms with Crippen molar-refractivity contribution in [3.63, 3.8) is 0 Å². The smallest absolute Gasteiger partial charge is 0.254 e. The van der Waals surface area contributed by atoms with Crippen LogP contribution in [0.25, 0.3) is 11.5 Å². The molecule has 16 heavy (non-hydrogen) atoms. The largest absolute Gasteiger partial charge is 0.305 e. The van der Waals surface area contributed by atoms with Crippen molar-refractivity contribution in [1.82, 2.24) is 15.0 Å². The first-order valence-corrected chi connectivity index (χ1v) is 5.08. The van der Waals surface area contributed by atoms with Crippen molar-refractivity contribution in [2.75, 3.05) is 0 Å². The topological polar surface area (TPSA) is 58.6 Å². The van der Waals surface area contributed by atoms with Gasteiger partial charge in [0.2, 0.25) is 0 Å². The van der Waals surface area contributed by atoms with Crippen molar-refractivity contribution < 1.29 is 0 Å². The monoisotopic (exact) mass is 215 g/mol. The maximum Gasteiger partial charge on any atom is 0.254 e. The molecule has 0 aliphatic rings. The number of aryl methyl sites for hydroxylation is 2. The minimum Gasteiger partial charge on any atom is -0.305 e. The van der Waals surface area contributed by atoms with Gasteiger partial charge in [0.05, 0.1) is 0 Å². The van der Waals surface area contributed by atoms with E-state index in [0.717, 1.165) is 11.3 Å². The Kier molecular flexibility index (Phi) is 2.56. The molecule has 0 spiro atoms. The van der Waals surface area contributed by atoms with E-state index in [1.54, 1.807) is 13.1 Å². The highest BCUT2D eigenvalue weighted by molar-refractivity contribution is 5.50. The second kappa shape index (κ2) is 3.89. The van der Waals surface area contributed by atoms with E-state index in [1.165, 1.54) is 0 Å². The van der Waals surface area contributed by atoms with Crippen LogP contribution in [0.5, 0.6) is 0 Å². The summed E-state index contributed by atoms with van der Waals surface area (Å²) < 4.78 is 0. The third-order valence-corrected chi connectivity index (χ3v) is 2.55. The molecule has 0 aliphatic heterocycles. The molecule has 0 aliphatic carbocycles. The van der Waals surface area contributed by atoms with E-state index in [0.29, 0.717) is 17.1 Å². The Bertz CT molecular complexity index is 587. The van der Waals surface area contributed by atoms with Gasteiger partial charge in [-0.15, -0.1) is 0 Å². The number of hydrogen-bond donors (Lipinski definition) is 1. The average molecular weight is 215 g/mol. The molecule has 2 aromatic rings. The van der Waals surface area contributed by atoms with Crippen LogP contribution in [0.4, 0.5) is 0 Å².